The largest absolute Gasteiger partial charge is 0.496 e. The third-order valence-electron chi connectivity index (χ3n) is 4.32. The molecule has 0 aliphatic carbocycles. The summed E-state index contributed by atoms with van der Waals surface area (Å²) in [6.45, 7) is 10.1. The van der Waals surface area contributed by atoms with Crippen LogP contribution < -0.4 is 5.46 Å². The number of nitrogens with zero attached hydrogens (tertiary/aromatic N) is 3. The van der Waals surface area contributed by atoms with Crippen molar-refractivity contribution in [1.29, 1.82) is 0 Å². The van der Waals surface area contributed by atoms with E-state index in [2.05, 4.69) is 25.9 Å². The second kappa shape index (κ2) is 5.18. The number of rotatable bonds is 2. The molecule has 0 N–H and O–H groups in total. The molecule has 5 nitrogen and oxygen atoms in total. The van der Waals surface area contributed by atoms with E-state index in [1.54, 1.807) is 12.5 Å². The fourth-order valence-electron chi connectivity index (χ4n) is 2.28. The van der Waals surface area contributed by atoms with Crippen molar-refractivity contribution in [2.24, 2.45) is 0 Å². The van der Waals surface area contributed by atoms with E-state index in [9.17, 15) is 0 Å². The van der Waals surface area contributed by atoms with Crippen LogP contribution in [0.1, 0.15) is 33.4 Å². The zero-order valence-electron chi connectivity index (χ0n) is 13.4. The highest BCUT2D eigenvalue weighted by Gasteiger charge is 2.51. The maximum Gasteiger partial charge on any atom is 0.496 e. The van der Waals surface area contributed by atoms with E-state index in [1.807, 2.05) is 51.4 Å². The number of hydrogen-bond donors (Lipinski definition) is 0. The molecule has 3 rings (SSSR count). The Balaban J connectivity index is 1.90. The van der Waals surface area contributed by atoms with Gasteiger partial charge in [-0.25, -0.2) is 9.97 Å². The van der Waals surface area contributed by atoms with Gasteiger partial charge in [0.1, 0.15) is 6.33 Å². The molecule has 0 bridgehead atoms. The van der Waals surface area contributed by atoms with Gasteiger partial charge in [0.2, 0.25) is 0 Å². The van der Waals surface area contributed by atoms with Gasteiger partial charge < -0.3 is 9.31 Å². The predicted molar refractivity (Wildman–Crippen MR) is 89.5 cm³/mol. The van der Waals surface area contributed by atoms with Crippen LogP contribution in [0.25, 0.3) is 5.82 Å². The first-order chi connectivity index (χ1) is 10.2. The normalized spacial score (nSPS) is 19.6. The molecule has 22 heavy (non-hydrogen) atoms. The minimum absolute atomic E-state index is 0.357. The summed E-state index contributed by atoms with van der Waals surface area (Å²) < 4.78 is 14.9. The number of pyridine rings is 1. The van der Waals surface area contributed by atoms with Gasteiger partial charge in [0.05, 0.1) is 21.4 Å². The summed E-state index contributed by atoms with van der Waals surface area (Å²) in [6, 6.07) is 1.99. The van der Waals surface area contributed by atoms with Gasteiger partial charge in [0, 0.05) is 17.9 Å². The van der Waals surface area contributed by atoms with Gasteiger partial charge in [-0.1, -0.05) is 0 Å². The molecule has 3 heterocycles. The van der Waals surface area contributed by atoms with Crippen molar-refractivity contribution in [3.63, 3.8) is 0 Å². The molecule has 0 spiro atoms. The number of aromatic nitrogens is 3. The van der Waals surface area contributed by atoms with Crippen molar-refractivity contribution in [2.75, 3.05) is 0 Å². The van der Waals surface area contributed by atoms with Crippen LogP contribution in [-0.2, 0) is 9.31 Å². The number of imidazole rings is 1. The Morgan fingerprint density at radius 2 is 1.77 bits per heavy atom. The molecule has 1 aliphatic heterocycles. The average molecular weight is 364 g/mol. The summed E-state index contributed by atoms with van der Waals surface area (Å²) >= 11 is 3.58. The Labute approximate surface area is 139 Å². The van der Waals surface area contributed by atoms with Gasteiger partial charge in [-0.3, -0.25) is 4.57 Å². The van der Waals surface area contributed by atoms with E-state index in [4.69, 9.17) is 9.31 Å². The highest BCUT2D eigenvalue weighted by atomic mass is 79.9. The number of hydrogen-bond acceptors (Lipinski definition) is 4. The summed E-state index contributed by atoms with van der Waals surface area (Å²) in [6.07, 6.45) is 5.47. The second-order valence-corrected chi connectivity index (χ2v) is 7.44. The quantitative estimate of drug-likeness (QED) is 0.769. The summed E-state index contributed by atoms with van der Waals surface area (Å²) in [7, 11) is -0.410. The monoisotopic (exact) mass is 363 g/mol. The van der Waals surface area contributed by atoms with E-state index in [0.29, 0.717) is 0 Å². The first kappa shape index (κ1) is 15.7. The fourth-order valence-corrected chi connectivity index (χ4v) is 2.85. The molecule has 1 aliphatic rings. The molecule has 1 fully saturated rings. The Morgan fingerprint density at radius 3 is 2.27 bits per heavy atom. The molecule has 0 unspecified atom stereocenters. The predicted octanol–water partition coefficient (Wildman–Crippen LogP) is 2.64. The lowest BCUT2D eigenvalue weighted by atomic mass is 9.80. The first-order valence-corrected chi connectivity index (χ1v) is 8.01. The number of halogens is 1. The van der Waals surface area contributed by atoms with Gasteiger partial charge in [0.15, 0.2) is 5.82 Å². The van der Waals surface area contributed by atoms with Crippen LogP contribution in [0.5, 0.6) is 0 Å². The topological polar surface area (TPSA) is 49.2 Å². The van der Waals surface area contributed by atoms with E-state index < -0.39 is 7.12 Å². The van der Waals surface area contributed by atoms with Crippen LogP contribution in [0.15, 0.2) is 29.3 Å². The highest BCUT2D eigenvalue weighted by molar-refractivity contribution is 9.10. The van der Waals surface area contributed by atoms with Crippen LogP contribution in [0.4, 0.5) is 0 Å². The SMILES string of the molecule is Cc1cn(-c2ncc(B3OC(C)(C)C(C)(C)O3)cc2Br)cn1. The Kier molecular flexibility index (Phi) is 3.70. The molecule has 2 aromatic heterocycles. The van der Waals surface area contributed by atoms with Gasteiger partial charge >= 0.3 is 7.12 Å². The van der Waals surface area contributed by atoms with Crippen LogP contribution in [0.3, 0.4) is 0 Å². The third kappa shape index (κ3) is 2.62. The minimum Gasteiger partial charge on any atom is -0.399 e. The molecular formula is C15H19BBrN3O2. The molecule has 0 aromatic carbocycles. The molecule has 1 saturated heterocycles. The first-order valence-electron chi connectivity index (χ1n) is 7.22. The summed E-state index contributed by atoms with van der Waals surface area (Å²) in [5.41, 5.74) is 1.13. The summed E-state index contributed by atoms with van der Waals surface area (Å²) in [4.78, 5) is 8.74. The van der Waals surface area contributed by atoms with Crippen LogP contribution >= 0.6 is 15.9 Å². The zero-order chi connectivity index (χ0) is 16.1. The van der Waals surface area contributed by atoms with Crippen LogP contribution in [-0.4, -0.2) is 32.9 Å². The van der Waals surface area contributed by atoms with Crippen LogP contribution in [0.2, 0.25) is 0 Å². The number of aryl methyl sites for hydroxylation is 1. The average Bonchev–Trinajstić information content (AvgIpc) is 2.91. The van der Waals surface area contributed by atoms with Gasteiger partial charge in [0.25, 0.3) is 0 Å². The standard InChI is InChI=1S/C15H19BBrN3O2/c1-10-8-20(9-19-10)13-12(17)6-11(7-18-13)16-21-14(2,3)15(4,5)22-16/h6-9H,1-5H3. The van der Waals surface area contributed by atoms with E-state index in [-0.39, 0.29) is 11.2 Å². The van der Waals surface area contributed by atoms with Crippen molar-refractivity contribution in [3.05, 3.63) is 35.0 Å². The molecule has 0 radical (unpaired) electrons. The van der Waals surface area contributed by atoms with Crippen molar-refractivity contribution < 1.29 is 9.31 Å². The van der Waals surface area contributed by atoms with Crippen molar-refractivity contribution in [1.82, 2.24) is 14.5 Å². The van der Waals surface area contributed by atoms with Gasteiger partial charge in [-0.15, -0.1) is 0 Å². The highest BCUT2D eigenvalue weighted by Crippen LogP contribution is 2.36. The summed E-state index contributed by atoms with van der Waals surface area (Å²) in [5.74, 6) is 0.792. The van der Waals surface area contributed by atoms with Crippen molar-refractivity contribution in [2.45, 2.75) is 45.8 Å². The molecule has 116 valence electrons. The smallest absolute Gasteiger partial charge is 0.399 e. The third-order valence-corrected chi connectivity index (χ3v) is 4.91. The Hall–Kier alpha value is -1.18. The van der Waals surface area contributed by atoms with E-state index in [1.165, 1.54) is 0 Å². The van der Waals surface area contributed by atoms with Crippen molar-refractivity contribution in [3.8, 4) is 5.82 Å². The van der Waals surface area contributed by atoms with E-state index >= 15 is 0 Å². The molecule has 0 amide bonds. The molecular weight excluding hydrogens is 345 g/mol. The van der Waals surface area contributed by atoms with Crippen molar-refractivity contribution >= 4 is 28.5 Å². The lowest BCUT2D eigenvalue weighted by molar-refractivity contribution is 0.00578. The Morgan fingerprint density at radius 1 is 1.14 bits per heavy atom. The molecule has 0 saturated carbocycles. The Bertz CT molecular complexity index is 699. The molecule has 7 heteroatoms. The van der Waals surface area contributed by atoms with Gasteiger partial charge in [-0.2, -0.15) is 0 Å². The minimum atomic E-state index is -0.410. The lowest BCUT2D eigenvalue weighted by Gasteiger charge is -2.32. The molecule has 2 aromatic rings. The van der Waals surface area contributed by atoms with Gasteiger partial charge in [-0.05, 0) is 56.6 Å². The lowest BCUT2D eigenvalue weighted by Crippen LogP contribution is -2.41. The second-order valence-electron chi connectivity index (χ2n) is 6.58. The van der Waals surface area contributed by atoms with Crippen LogP contribution in [0, 0.1) is 6.92 Å². The molecule has 0 atom stereocenters. The maximum absolute atomic E-state index is 6.05. The summed E-state index contributed by atoms with van der Waals surface area (Å²) in [5, 5.41) is 0. The zero-order valence-corrected chi connectivity index (χ0v) is 15.0. The fraction of sp³-hybridized carbons (Fsp3) is 0.467. The van der Waals surface area contributed by atoms with E-state index in [0.717, 1.165) is 21.4 Å². The maximum atomic E-state index is 6.05.